The van der Waals surface area contributed by atoms with Crippen molar-refractivity contribution in [2.45, 2.75) is 17.8 Å². The predicted octanol–water partition coefficient (Wildman–Crippen LogP) is 2.24. The molecule has 21 heavy (non-hydrogen) atoms. The first-order valence-corrected chi connectivity index (χ1v) is 7.39. The number of benzene rings is 1. The first kappa shape index (κ1) is 13.6. The lowest BCUT2D eigenvalue weighted by Crippen LogP contribution is -2.04. The summed E-state index contributed by atoms with van der Waals surface area (Å²) in [6.45, 7) is 1.86. The third-order valence-corrected chi connectivity index (χ3v) is 3.70. The number of nitrogens with two attached hydrogens (primary N) is 1. The molecule has 3 aromatic rings. The van der Waals surface area contributed by atoms with Crippen molar-refractivity contribution in [3.05, 3.63) is 54.0 Å². The molecule has 2 aromatic heterocycles. The quantitative estimate of drug-likeness (QED) is 0.744. The summed E-state index contributed by atoms with van der Waals surface area (Å²) in [5.41, 5.74) is 7.68. The number of hydrogen-bond donors (Lipinski definition) is 1. The number of thioether (sulfide) groups is 1. The summed E-state index contributed by atoms with van der Waals surface area (Å²) < 4.78 is 1.61. The Morgan fingerprint density at radius 2 is 2.00 bits per heavy atom. The highest BCUT2D eigenvalue weighted by Gasteiger charge is 2.06. The fourth-order valence-electron chi connectivity index (χ4n) is 1.84. The van der Waals surface area contributed by atoms with Crippen molar-refractivity contribution in [1.82, 2.24) is 24.7 Å². The van der Waals surface area contributed by atoms with Gasteiger partial charge >= 0.3 is 0 Å². The maximum absolute atomic E-state index is 5.65. The number of nitrogen functional groups attached to an aromatic ring is 1. The molecule has 1 aromatic carbocycles. The van der Waals surface area contributed by atoms with Crippen LogP contribution in [-0.4, -0.2) is 24.7 Å². The van der Waals surface area contributed by atoms with E-state index in [-0.39, 0.29) is 5.95 Å². The molecule has 0 spiro atoms. The maximum atomic E-state index is 5.65. The minimum absolute atomic E-state index is 0.235. The number of aryl methyl sites for hydroxylation is 1. The van der Waals surface area contributed by atoms with Gasteiger partial charge in [-0.1, -0.05) is 42.1 Å². The Morgan fingerprint density at radius 1 is 1.19 bits per heavy atom. The van der Waals surface area contributed by atoms with Crippen LogP contribution >= 0.6 is 11.8 Å². The minimum atomic E-state index is 0.235. The van der Waals surface area contributed by atoms with E-state index in [1.54, 1.807) is 22.8 Å². The zero-order chi connectivity index (χ0) is 14.7. The number of aromatic nitrogens is 5. The van der Waals surface area contributed by atoms with Crippen LogP contribution in [-0.2, 0) is 5.75 Å². The molecule has 2 N–H and O–H groups in total. The third-order valence-electron chi connectivity index (χ3n) is 2.77. The maximum Gasteiger partial charge on any atom is 0.222 e. The van der Waals surface area contributed by atoms with Gasteiger partial charge in [-0.3, -0.25) is 0 Å². The second-order valence-electron chi connectivity index (χ2n) is 4.47. The van der Waals surface area contributed by atoms with Crippen LogP contribution in [0.4, 0.5) is 5.95 Å². The van der Waals surface area contributed by atoms with Gasteiger partial charge in [0.05, 0.1) is 0 Å². The molecular formula is C14H14N6S. The predicted molar refractivity (Wildman–Crippen MR) is 82.1 cm³/mol. The molecular weight excluding hydrogens is 284 g/mol. The lowest BCUT2D eigenvalue weighted by atomic mass is 10.2. The Labute approximate surface area is 126 Å². The summed E-state index contributed by atoms with van der Waals surface area (Å²) in [5, 5.41) is 5.10. The van der Waals surface area contributed by atoms with E-state index in [4.69, 9.17) is 5.73 Å². The molecule has 106 valence electrons. The summed E-state index contributed by atoms with van der Waals surface area (Å²) in [4.78, 5) is 12.5. The molecule has 0 amide bonds. The molecule has 0 aliphatic heterocycles. The Kier molecular flexibility index (Phi) is 3.83. The lowest BCUT2D eigenvalue weighted by molar-refractivity contribution is 0.803. The summed E-state index contributed by atoms with van der Waals surface area (Å²) in [6.07, 6.45) is 1.63. The van der Waals surface area contributed by atoms with Crippen molar-refractivity contribution in [3.63, 3.8) is 0 Å². The highest BCUT2D eigenvalue weighted by Crippen LogP contribution is 2.19. The first-order valence-electron chi connectivity index (χ1n) is 6.40. The zero-order valence-electron chi connectivity index (χ0n) is 11.5. The molecule has 0 unspecified atom stereocenters. The Balaban J connectivity index is 1.74. The van der Waals surface area contributed by atoms with Crippen LogP contribution in [0.25, 0.3) is 5.82 Å². The summed E-state index contributed by atoms with van der Waals surface area (Å²) in [5.74, 6) is 1.69. The molecule has 0 fully saturated rings. The van der Waals surface area contributed by atoms with Gasteiger partial charge in [0, 0.05) is 17.5 Å². The van der Waals surface area contributed by atoms with Gasteiger partial charge in [0.2, 0.25) is 11.1 Å². The topological polar surface area (TPSA) is 82.5 Å². The van der Waals surface area contributed by atoms with E-state index in [0.717, 1.165) is 11.4 Å². The average molecular weight is 298 g/mol. The second-order valence-corrected chi connectivity index (χ2v) is 5.41. The monoisotopic (exact) mass is 298 g/mol. The van der Waals surface area contributed by atoms with Crippen LogP contribution in [0.5, 0.6) is 0 Å². The number of rotatable bonds is 4. The summed E-state index contributed by atoms with van der Waals surface area (Å²) in [7, 11) is 0. The average Bonchev–Trinajstić information content (AvgIpc) is 2.94. The Hall–Kier alpha value is -2.41. The largest absolute Gasteiger partial charge is 0.368 e. The first-order chi connectivity index (χ1) is 10.2. The number of hydrogen-bond acceptors (Lipinski definition) is 6. The normalized spacial score (nSPS) is 10.7. The second kappa shape index (κ2) is 5.92. The van der Waals surface area contributed by atoms with E-state index in [1.807, 2.05) is 31.2 Å². The van der Waals surface area contributed by atoms with Gasteiger partial charge in [-0.2, -0.15) is 4.98 Å². The van der Waals surface area contributed by atoms with Gasteiger partial charge < -0.3 is 5.73 Å². The molecule has 6 nitrogen and oxygen atoms in total. The van der Waals surface area contributed by atoms with E-state index < -0.39 is 0 Å². The van der Waals surface area contributed by atoms with Gasteiger partial charge in [-0.25, -0.2) is 14.6 Å². The van der Waals surface area contributed by atoms with Gasteiger partial charge in [0.25, 0.3) is 0 Å². The smallest absolute Gasteiger partial charge is 0.222 e. The van der Waals surface area contributed by atoms with Crippen molar-refractivity contribution in [2.75, 3.05) is 5.73 Å². The van der Waals surface area contributed by atoms with E-state index in [0.29, 0.717) is 11.0 Å². The summed E-state index contributed by atoms with van der Waals surface area (Å²) in [6, 6.07) is 12.0. The molecule has 0 aliphatic rings. The molecule has 0 radical (unpaired) electrons. The van der Waals surface area contributed by atoms with Crippen LogP contribution in [0, 0.1) is 6.92 Å². The van der Waals surface area contributed by atoms with Gasteiger partial charge in [-0.05, 0) is 12.5 Å². The Morgan fingerprint density at radius 3 is 2.76 bits per heavy atom. The van der Waals surface area contributed by atoms with E-state index >= 15 is 0 Å². The van der Waals surface area contributed by atoms with Crippen LogP contribution in [0.2, 0.25) is 0 Å². The van der Waals surface area contributed by atoms with E-state index in [1.165, 1.54) is 5.56 Å². The van der Waals surface area contributed by atoms with Crippen LogP contribution in [0.15, 0.2) is 47.9 Å². The standard InChI is InChI=1S/C14H14N6S/c1-10-7-12(18-13(15)17-10)20-9-16-14(19-20)21-8-11-5-3-2-4-6-11/h2-7,9H,8H2,1H3,(H2,15,17,18). The zero-order valence-corrected chi connectivity index (χ0v) is 12.3. The number of nitrogens with zero attached hydrogens (tertiary/aromatic N) is 5. The van der Waals surface area contributed by atoms with E-state index in [9.17, 15) is 0 Å². The summed E-state index contributed by atoms with van der Waals surface area (Å²) >= 11 is 1.58. The fraction of sp³-hybridized carbons (Fsp3) is 0.143. The van der Waals surface area contributed by atoms with Crippen molar-refractivity contribution in [3.8, 4) is 5.82 Å². The van der Waals surface area contributed by atoms with Crippen molar-refractivity contribution >= 4 is 17.7 Å². The molecule has 0 saturated carbocycles. The SMILES string of the molecule is Cc1cc(-n2cnc(SCc3ccccc3)n2)nc(N)n1. The minimum Gasteiger partial charge on any atom is -0.368 e. The van der Waals surface area contributed by atoms with Crippen LogP contribution in [0.3, 0.4) is 0 Å². The van der Waals surface area contributed by atoms with Gasteiger partial charge in [-0.15, -0.1) is 5.10 Å². The molecule has 0 bridgehead atoms. The molecule has 0 aliphatic carbocycles. The van der Waals surface area contributed by atoms with Crippen LogP contribution < -0.4 is 5.73 Å². The van der Waals surface area contributed by atoms with Gasteiger partial charge in [0.1, 0.15) is 6.33 Å². The van der Waals surface area contributed by atoms with E-state index in [2.05, 4.69) is 32.2 Å². The highest BCUT2D eigenvalue weighted by molar-refractivity contribution is 7.98. The Bertz CT molecular complexity index is 720. The van der Waals surface area contributed by atoms with Crippen molar-refractivity contribution in [1.29, 1.82) is 0 Å². The van der Waals surface area contributed by atoms with Gasteiger partial charge in [0.15, 0.2) is 5.82 Å². The lowest BCUT2D eigenvalue weighted by Gasteiger charge is -2.01. The molecule has 7 heteroatoms. The molecule has 0 saturated heterocycles. The third kappa shape index (κ3) is 3.38. The fourth-order valence-corrected chi connectivity index (χ4v) is 2.59. The molecule has 2 heterocycles. The van der Waals surface area contributed by atoms with Crippen molar-refractivity contribution in [2.24, 2.45) is 0 Å². The van der Waals surface area contributed by atoms with Crippen LogP contribution in [0.1, 0.15) is 11.3 Å². The molecule has 0 atom stereocenters. The highest BCUT2D eigenvalue weighted by atomic mass is 32.2. The number of anilines is 1. The van der Waals surface area contributed by atoms with Crippen molar-refractivity contribution < 1.29 is 0 Å². The molecule has 3 rings (SSSR count).